The van der Waals surface area contributed by atoms with Gasteiger partial charge in [0.25, 0.3) is 5.91 Å². The Bertz CT molecular complexity index is 380. The van der Waals surface area contributed by atoms with E-state index >= 15 is 0 Å². The second-order valence-electron chi connectivity index (χ2n) is 4.02. The van der Waals surface area contributed by atoms with Gasteiger partial charge in [0.2, 0.25) is 0 Å². The number of carbonyl (C=O) groups is 1. The SMILES string of the molecule is O=C(c1ccc(Br)o1)N1CCCC(CF)C1. The Hall–Kier alpha value is -0.840. The van der Waals surface area contributed by atoms with E-state index in [0.29, 0.717) is 23.5 Å². The third-order valence-corrected chi connectivity index (χ3v) is 3.23. The molecule has 16 heavy (non-hydrogen) atoms. The van der Waals surface area contributed by atoms with Gasteiger partial charge < -0.3 is 9.32 Å². The lowest BCUT2D eigenvalue weighted by Gasteiger charge is -2.30. The molecule has 5 heteroatoms. The molecule has 0 saturated carbocycles. The Morgan fingerprint density at radius 2 is 2.44 bits per heavy atom. The van der Waals surface area contributed by atoms with Gasteiger partial charge in [-0.15, -0.1) is 0 Å². The van der Waals surface area contributed by atoms with Crippen molar-refractivity contribution in [2.45, 2.75) is 12.8 Å². The minimum atomic E-state index is -0.356. The molecule has 0 aromatic carbocycles. The molecule has 1 aliphatic rings. The first kappa shape index (κ1) is 11.6. The largest absolute Gasteiger partial charge is 0.444 e. The molecule has 88 valence electrons. The van der Waals surface area contributed by atoms with E-state index in [1.807, 2.05) is 0 Å². The normalized spacial score (nSPS) is 21.1. The van der Waals surface area contributed by atoms with Gasteiger partial charge in [0.15, 0.2) is 10.4 Å². The average Bonchev–Trinajstić information content (AvgIpc) is 2.75. The van der Waals surface area contributed by atoms with Gasteiger partial charge in [0, 0.05) is 19.0 Å². The maximum atomic E-state index is 12.6. The van der Waals surface area contributed by atoms with Crippen molar-refractivity contribution in [2.75, 3.05) is 19.8 Å². The molecule has 2 rings (SSSR count). The van der Waals surface area contributed by atoms with Crippen LogP contribution >= 0.6 is 15.9 Å². The highest BCUT2D eigenvalue weighted by Crippen LogP contribution is 2.21. The highest BCUT2D eigenvalue weighted by atomic mass is 79.9. The van der Waals surface area contributed by atoms with E-state index in [-0.39, 0.29) is 18.5 Å². The van der Waals surface area contributed by atoms with Gasteiger partial charge in [-0.2, -0.15) is 0 Å². The number of amides is 1. The third-order valence-electron chi connectivity index (χ3n) is 2.81. The predicted molar refractivity (Wildman–Crippen MR) is 61.0 cm³/mol. The summed E-state index contributed by atoms with van der Waals surface area (Å²) in [4.78, 5) is 13.6. The van der Waals surface area contributed by atoms with Gasteiger partial charge >= 0.3 is 0 Å². The minimum absolute atomic E-state index is 0.0175. The molecular weight excluding hydrogens is 277 g/mol. The van der Waals surface area contributed by atoms with Gasteiger partial charge in [-0.05, 0) is 40.9 Å². The average molecular weight is 290 g/mol. The van der Waals surface area contributed by atoms with Crippen LogP contribution < -0.4 is 0 Å². The van der Waals surface area contributed by atoms with Crippen LogP contribution in [0.4, 0.5) is 4.39 Å². The number of furan rings is 1. The number of hydrogen-bond acceptors (Lipinski definition) is 2. The van der Waals surface area contributed by atoms with Crippen LogP contribution in [0.3, 0.4) is 0 Å². The molecule has 1 fully saturated rings. The van der Waals surface area contributed by atoms with Gasteiger partial charge in [0.1, 0.15) is 0 Å². The lowest BCUT2D eigenvalue weighted by molar-refractivity contribution is 0.0623. The fourth-order valence-corrected chi connectivity index (χ4v) is 2.27. The summed E-state index contributed by atoms with van der Waals surface area (Å²) < 4.78 is 18.3. The Labute approximate surface area is 102 Å². The van der Waals surface area contributed by atoms with E-state index in [1.54, 1.807) is 17.0 Å². The van der Waals surface area contributed by atoms with Crippen LogP contribution in [0.1, 0.15) is 23.4 Å². The number of hydrogen-bond donors (Lipinski definition) is 0. The zero-order chi connectivity index (χ0) is 11.5. The first-order chi connectivity index (χ1) is 7.70. The summed E-state index contributed by atoms with van der Waals surface area (Å²) in [7, 11) is 0. The van der Waals surface area contributed by atoms with Crippen molar-refractivity contribution < 1.29 is 13.6 Å². The van der Waals surface area contributed by atoms with Crippen molar-refractivity contribution in [3.8, 4) is 0 Å². The second kappa shape index (κ2) is 4.99. The first-order valence-corrected chi connectivity index (χ1v) is 6.10. The molecule has 0 aliphatic carbocycles. The molecule has 1 unspecified atom stereocenters. The molecular formula is C11H13BrFNO2. The van der Waals surface area contributed by atoms with Crippen LogP contribution in [0, 0.1) is 5.92 Å². The van der Waals surface area contributed by atoms with E-state index in [2.05, 4.69) is 15.9 Å². The van der Waals surface area contributed by atoms with E-state index in [9.17, 15) is 9.18 Å². The zero-order valence-electron chi connectivity index (χ0n) is 8.79. The van der Waals surface area contributed by atoms with Crippen molar-refractivity contribution in [3.63, 3.8) is 0 Å². The van der Waals surface area contributed by atoms with Crippen LogP contribution in [-0.2, 0) is 0 Å². The molecule has 1 aromatic rings. The highest BCUT2D eigenvalue weighted by molar-refractivity contribution is 9.10. The second-order valence-corrected chi connectivity index (χ2v) is 4.80. The molecule has 1 atom stereocenters. The summed E-state index contributed by atoms with van der Waals surface area (Å²) in [6.07, 6.45) is 1.73. The zero-order valence-corrected chi connectivity index (χ0v) is 10.4. The van der Waals surface area contributed by atoms with E-state index in [4.69, 9.17) is 4.42 Å². The molecule has 2 heterocycles. The molecule has 1 amide bonds. The quantitative estimate of drug-likeness (QED) is 0.839. The molecule has 0 radical (unpaired) electrons. The number of likely N-dealkylation sites (tertiary alicyclic amines) is 1. The maximum Gasteiger partial charge on any atom is 0.289 e. The number of nitrogens with zero attached hydrogens (tertiary/aromatic N) is 1. The van der Waals surface area contributed by atoms with Crippen molar-refractivity contribution in [1.82, 2.24) is 4.90 Å². The van der Waals surface area contributed by atoms with Crippen LogP contribution in [0.2, 0.25) is 0 Å². The first-order valence-electron chi connectivity index (χ1n) is 5.31. The molecule has 1 aliphatic heterocycles. The summed E-state index contributed by atoms with van der Waals surface area (Å²) in [5, 5.41) is 0. The Kier molecular flexibility index (Phi) is 3.63. The monoisotopic (exact) mass is 289 g/mol. The number of halogens is 2. The van der Waals surface area contributed by atoms with Crippen LogP contribution in [0.15, 0.2) is 21.2 Å². The summed E-state index contributed by atoms with van der Waals surface area (Å²) in [6.45, 7) is 0.826. The molecule has 1 aromatic heterocycles. The van der Waals surface area contributed by atoms with Crippen molar-refractivity contribution >= 4 is 21.8 Å². The lowest BCUT2D eigenvalue weighted by Crippen LogP contribution is -2.40. The van der Waals surface area contributed by atoms with Crippen molar-refractivity contribution in [3.05, 3.63) is 22.6 Å². The Balaban J connectivity index is 2.04. The van der Waals surface area contributed by atoms with Crippen LogP contribution in [0.5, 0.6) is 0 Å². The van der Waals surface area contributed by atoms with Crippen molar-refractivity contribution in [2.24, 2.45) is 5.92 Å². The number of rotatable bonds is 2. The van der Waals surface area contributed by atoms with Gasteiger partial charge in [-0.25, -0.2) is 0 Å². The van der Waals surface area contributed by atoms with E-state index in [1.165, 1.54) is 0 Å². The Morgan fingerprint density at radius 3 is 3.06 bits per heavy atom. The molecule has 0 N–H and O–H groups in total. The minimum Gasteiger partial charge on any atom is -0.444 e. The summed E-state index contributed by atoms with van der Waals surface area (Å²) in [5.41, 5.74) is 0. The van der Waals surface area contributed by atoms with Crippen molar-refractivity contribution in [1.29, 1.82) is 0 Å². The number of carbonyl (C=O) groups excluding carboxylic acids is 1. The Morgan fingerprint density at radius 1 is 1.62 bits per heavy atom. The van der Waals surface area contributed by atoms with E-state index in [0.717, 1.165) is 12.8 Å². The van der Waals surface area contributed by atoms with E-state index < -0.39 is 0 Å². The molecule has 1 saturated heterocycles. The van der Waals surface area contributed by atoms with Gasteiger partial charge in [0.05, 0.1) is 6.67 Å². The third kappa shape index (κ3) is 2.45. The number of piperidine rings is 1. The topological polar surface area (TPSA) is 33.5 Å². The fraction of sp³-hybridized carbons (Fsp3) is 0.545. The van der Waals surface area contributed by atoms with Crippen LogP contribution in [0.25, 0.3) is 0 Å². The van der Waals surface area contributed by atoms with Crippen LogP contribution in [-0.4, -0.2) is 30.6 Å². The predicted octanol–water partition coefficient (Wildman–Crippen LogP) is 2.86. The highest BCUT2D eigenvalue weighted by Gasteiger charge is 2.25. The maximum absolute atomic E-state index is 12.6. The van der Waals surface area contributed by atoms with Gasteiger partial charge in [-0.1, -0.05) is 0 Å². The molecule has 0 bridgehead atoms. The summed E-state index contributed by atoms with van der Waals surface area (Å²) in [5.74, 6) is 0.145. The molecule has 0 spiro atoms. The smallest absolute Gasteiger partial charge is 0.289 e. The fourth-order valence-electron chi connectivity index (χ4n) is 1.96. The molecule has 3 nitrogen and oxygen atoms in total. The standard InChI is InChI=1S/C11H13BrFNO2/c12-10-4-3-9(16-10)11(15)14-5-1-2-8(6-13)7-14/h3-4,8H,1-2,5-7H2. The lowest BCUT2D eigenvalue weighted by atomic mass is 9.99. The summed E-state index contributed by atoms with van der Waals surface area (Å²) in [6, 6.07) is 3.31. The summed E-state index contributed by atoms with van der Waals surface area (Å²) >= 11 is 3.15. The van der Waals surface area contributed by atoms with Gasteiger partial charge in [-0.3, -0.25) is 9.18 Å². The number of alkyl halides is 1.